The number of hydrogen-bond acceptors (Lipinski definition) is 4. The Morgan fingerprint density at radius 3 is 2.27 bits per heavy atom. The van der Waals surface area contributed by atoms with Gasteiger partial charge in [-0.05, 0) is 24.1 Å². The van der Waals surface area contributed by atoms with E-state index in [1.807, 2.05) is 42.5 Å². The van der Waals surface area contributed by atoms with E-state index in [-0.39, 0.29) is 11.8 Å². The summed E-state index contributed by atoms with van der Waals surface area (Å²) in [5.74, 6) is 0.205. The number of para-hydroxylation sites is 1. The first-order valence-electron chi connectivity index (χ1n) is 7.15. The van der Waals surface area contributed by atoms with Crippen molar-refractivity contribution in [1.29, 1.82) is 0 Å². The summed E-state index contributed by atoms with van der Waals surface area (Å²) >= 11 is 0. The van der Waals surface area contributed by atoms with Crippen LogP contribution in [-0.2, 0) is 15.9 Å². The molecule has 0 radical (unpaired) electrons. The van der Waals surface area contributed by atoms with Gasteiger partial charge in [0.1, 0.15) is 11.8 Å². The number of aromatic hydroxyl groups is 1. The van der Waals surface area contributed by atoms with Crippen molar-refractivity contribution in [1.82, 2.24) is 0 Å². The van der Waals surface area contributed by atoms with E-state index in [0.717, 1.165) is 5.56 Å². The van der Waals surface area contributed by atoms with Crippen LogP contribution in [0.4, 0.5) is 0 Å². The van der Waals surface area contributed by atoms with Gasteiger partial charge in [-0.3, -0.25) is 4.99 Å². The second-order valence-corrected chi connectivity index (χ2v) is 4.93. The van der Waals surface area contributed by atoms with Crippen molar-refractivity contribution >= 4 is 6.21 Å². The van der Waals surface area contributed by atoms with E-state index in [0.29, 0.717) is 12.0 Å². The lowest BCUT2D eigenvalue weighted by Gasteiger charge is -2.21. The number of methoxy groups -OCH3 is 2. The van der Waals surface area contributed by atoms with Crippen molar-refractivity contribution in [2.24, 2.45) is 4.99 Å². The summed E-state index contributed by atoms with van der Waals surface area (Å²) in [6.07, 6.45) is 1.91. The molecule has 2 aromatic rings. The summed E-state index contributed by atoms with van der Waals surface area (Å²) in [7, 11) is 3.20. The Kier molecular flexibility index (Phi) is 6.13. The molecule has 0 amide bonds. The van der Waals surface area contributed by atoms with Crippen LogP contribution in [0, 0.1) is 0 Å². The Morgan fingerprint density at radius 2 is 1.64 bits per heavy atom. The molecule has 0 saturated heterocycles. The van der Waals surface area contributed by atoms with E-state index in [4.69, 9.17) is 9.47 Å². The monoisotopic (exact) mass is 299 g/mol. The standard InChI is InChI=1S/C18H21NO3/c1-21-18(22-2)16(12-14-8-4-3-5-9-14)19-13-15-10-6-7-11-17(15)20/h3-11,13,16,18,20H,12H2,1-2H3. The fraction of sp³-hybridized carbons (Fsp3) is 0.278. The summed E-state index contributed by atoms with van der Waals surface area (Å²) in [6, 6.07) is 17.0. The van der Waals surface area contributed by atoms with E-state index < -0.39 is 6.29 Å². The van der Waals surface area contributed by atoms with E-state index in [1.165, 1.54) is 0 Å². The lowest BCUT2D eigenvalue weighted by molar-refractivity contribution is -0.115. The zero-order valence-electron chi connectivity index (χ0n) is 12.8. The number of aliphatic imine (C=N–C) groups is 1. The molecule has 22 heavy (non-hydrogen) atoms. The maximum Gasteiger partial charge on any atom is 0.179 e. The predicted octanol–water partition coefficient (Wildman–Crippen LogP) is 3.04. The normalized spacial score (nSPS) is 12.9. The van der Waals surface area contributed by atoms with Gasteiger partial charge in [0.05, 0.1) is 0 Å². The van der Waals surface area contributed by atoms with Gasteiger partial charge < -0.3 is 14.6 Å². The summed E-state index contributed by atoms with van der Waals surface area (Å²) in [5, 5.41) is 9.81. The zero-order valence-corrected chi connectivity index (χ0v) is 12.8. The lowest BCUT2D eigenvalue weighted by atomic mass is 10.1. The number of benzene rings is 2. The van der Waals surface area contributed by atoms with Crippen molar-refractivity contribution in [2.45, 2.75) is 18.8 Å². The van der Waals surface area contributed by atoms with Crippen molar-refractivity contribution in [3.8, 4) is 5.75 Å². The number of phenolic OH excluding ortho intramolecular Hbond substituents is 1. The van der Waals surface area contributed by atoms with Gasteiger partial charge in [-0.15, -0.1) is 0 Å². The van der Waals surface area contributed by atoms with Crippen LogP contribution in [0.25, 0.3) is 0 Å². The van der Waals surface area contributed by atoms with Gasteiger partial charge in [0.15, 0.2) is 6.29 Å². The summed E-state index contributed by atoms with van der Waals surface area (Å²) in [6.45, 7) is 0. The molecular weight excluding hydrogens is 278 g/mol. The third-order valence-electron chi connectivity index (χ3n) is 3.41. The van der Waals surface area contributed by atoms with Gasteiger partial charge in [-0.1, -0.05) is 42.5 Å². The summed E-state index contributed by atoms with van der Waals surface area (Å²) in [5.41, 5.74) is 1.83. The highest BCUT2D eigenvalue weighted by Crippen LogP contribution is 2.16. The maximum atomic E-state index is 9.81. The minimum atomic E-state index is -0.442. The molecule has 2 aromatic carbocycles. The predicted molar refractivity (Wildman–Crippen MR) is 87.4 cm³/mol. The fourth-order valence-corrected chi connectivity index (χ4v) is 2.26. The van der Waals surface area contributed by atoms with Crippen LogP contribution in [0.1, 0.15) is 11.1 Å². The average molecular weight is 299 g/mol. The molecule has 0 saturated carbocycles. The Morgan fingerprint density at radius 1 is 1.00 bits per heavy atom. The molecule has 0 bridgehead atoms. The molecule has 0 spiro atoms. The third kappa shape index (κ3) is 4.41. The van der Waals surface area contributed by atoms with Crippen LogP contribution >= 0.6 is 0 Å². The summed E-state index contributed by atoms with van der Waals surface area (Å²) < 4.78 is 10.7. The maximum absolute atomic E-state index is 9.81. The van der Waals surface area contributed by atoms with Crippen molar-refractivity contribution in [3.05, 3.63) is 65.7 Å². The second kappa shape index (κ2) is 8.32. The quantitative estimate of drug-likeness (QED) is 0.631. The average Bonchev–Trinajstić information content (AvgIpc) is 2.56. The molecule has 1 N–H and O–H groups in total. The third-order valence-corrected chi connectivity index (χ3v) is 3.41. The molecule has 0 aromatic heterocycles. The lowest BCUT2D eigenvalue weighted by Crippen LogP contribution is -2.30. The van der Waals surface area contributed by atoms with E-state index >= 15 is 0 Å². The molecule has 1 atom stereocenters. The Balaban J connectivity index is 2.19. The number of ether oxygens (including phenoxy) is 2. The van der Waals surface area contributed by atoms with Gasteiger partial charge >= 0.3 is 0 Å². The number of nitrogens with zero attached hydrogens (tertiary/aromatic N) is 1. The Labute approximate surface area is 131 Å². The molecule has 116 valence electrons. The fourth-order valence-electron chi connectivity index (χ4n) is 2.26. The van der Waals surface area contributed by atoms with Crippen LogP contribution in [0.15, 0.2) is 59.6 Å². The van der Waals surface area contributed by atoms with Crippen molar-refractivity contribution in [2.75, 3.05) is 14.2 Å². The molecule has 4 nitrogen and oxygen atoms in total. The SMILES string of the molecule is COC(OC)C(Cc1ccccc1)N=Cc1ccccc1O. The first-order valence-corrected chi connectivity index (χ1v) is 7.15. The van der Waals surface area contributed by atoms with Crippen LogP contribution in [0.3, 0.4) is 0 Å². The smallest absolute Gasteiger partial charge is 0.179 e. The first kappa shape index (κ1) is 16.2. The van der Waals surface area contributed by atoms with Gasteiger partial charge in [0.2, 0.25) is 0 Å². The highest BCUT2D eigenvalue weighted by atomic mass is 16.7. The van der Waals surface area contributed by atoms with Gasteiger partial charge in [-0.25, -0.2) is 0 Å². The highest BCUT2D eigenvalue weighted by Gasteiger charge is 2.20. The molecule has 2 rings (SSSR count). The minimum absolute atomic E-state index is 0.197. The summed E-state index contributed by atoms with van der Waals surface area (Å²) in [4.78, 5) is 4.56. The van der Waals surface area contributed by atoms with E-state index in [1.54, 1.807) is 32.6 Å². The molecular formula is C18H21NO3. The minimum Gasteiger partial charge on any atom is -0.507 e. The van der Waals surface area contributed by atoms with Crippen LogP contribution < -0.4 is 0 Å². The Hall–Kier alpha value is -2.17. The zero-order chi connectivity index (χ0) is 15.8. The van der Waals surface area contributed by atoms with Crippen molar-refractivity contribution in [3.63, 3.8) is 0 Å². The van der Waals surface area contributed by atoms with E-state index in [2.05, 4.69) is 4.99 Å². The van der Waals surface area contributed by atoms with E-state index in [9.17, 15) is 5.11 Å². The second-order valence-electron chi connectivity index (χ2n) is 4.93. The van der Waals surface area contributed by atoms with Gasteiger partial charge in [0.25, 0.3) is 0 Å². The van der Waals surface area contributed by atoms with Gasteiger partial charge in [0, 0.05) is 26.0 Å². The molecule has 4 heteroatoms. The molecule has 0 aliphatic heterocycles. The highest BCUT2D eigenvalue weighted by molar-refractivity contribution is 5.83. The number of rotatable bonds is 7. The molecule has 0 aliphatic carbocycles. The topological polar surface area (TPSA) is 51.0 Å². The number of hydrogen-bond donors (Lipinski definition) is 1. The molecule has 0 heterocycles. The molecule has 1 unspecified atom stereocenters. The molecule has 0 fully saturated rings. The van der Waals surface area contributed by atoms with Crippen molar-refractivity contribution < 1.29 is 14.6 Å². The van der Waals surface area contributed by atoms with Crippen LogP contribution in [0.5, 0.6) is 5.75 Å². The number of phenols is 1. The van der Waals surface area contributed by atoms with Gasteiger partial charge in [-0.2, -0.15) is 0 Å². The van der Waals surface area contributed by atoms with Crippen LogP contribution in [-0.4, -0.2) is 37.9 Å². The molecule has 0 aliphatic rings. The largest absolute Gasteiger partial charge is 0.507 e. The van der Waals surface area contributed by atoms with Crippen LogP contribution in [0.2, 0.25) is 0 Å². The Bertz CT molecular complexity index is 594. The first-order chi connectivity index (χ1) is 10.7.